The molecule has 0 amide bonds. The van der Waals surface area contributed by atoms with E-state index < -0.39 is 0 Å². The Labute approximate surface area is 171 Å². The molecule has 3 nitrogen and oxygen atoms in total. The fourth-order valence-corrected chi connectivity index (χ4v) is 8.36. The summed E-state index contributed by atoms with van der Waals surface area (Å²) in [6.45, 7) is 12.8. The Morgan fingerprint density at radius 2 is 1.89 bits per heavy atom. The molecule has 2 saturated carbocycles. The second kappa shape index (κ2) is 6.68. The van der Waals surface area contributed by atoms with Crippen LogP contribution in [0.1, 0.15) is 66.2 Å². The van der Waals surface area contributed by atoms with Gasteiger partial charge in [0.25, 0.3) is 0 Å². The molecule has 3 heteroatoms. The van der Waals surface area contributed by atoms with Crippen LogP contribution < -0.4 is 5.32 Å². The lowest BCUT2D eigenvalue weighted by atomic mass is 9.45. The van der Waals surface area contributed by atoms with Crippen LogP contribution in [0.15, 0.2) is 22.8 Å². The van der Waals surface area contributed by atoms with Gasteiger partial charge in [-0.3, -0.25) is 0 Å². The zero-order valence-electron chi connectivity index (χ0n) is 18.3. The van der Waals surface area contributed by atoms with Crippen molar-refractivity contribution in [3.05, 3.63) is 22.8 Å². The van der Waals surface area contributed by atoms with E-state index in [0.717, 1.165) is 50.3 Å². The van der Waals surface area contributed by atoms with E-state index in [0.29, 0.717) is 16.7 Å². The van der Waals surface area contributed by atoms with Crippen LogP contribution in [-0.4, -0.2) is 37.0 Å². The highest BCUT2D eigenvalue weighted by Crippen LogP contribution is 2.67. The summed E-state index contributed by atoms with van der Waals surface area (Å²) in [7, 11) is 0. The molecule has 1 heterocycles. The first-order valence-electron chi connectivity index (χ1n) is 11.8. The summed E-state index contributed by atoms with van der Waals surface area (Å²) in [5, 5.41) is 13.8. The number of hydrogen-bond acceptors (Lipinski definition) is 3. The van der Waals surface area contributed by atoms with Crippen molar-refractivity contribution in [1.29, 1.82) is 0 Å². The predicted octanol–water partition coefficient (Wildman–Crippen LogP) is 4.47. The summed E-state index contributed by atoms with van der Waals surface area (Å²) in [5.41, 5.74) is 5.46. The molecule has 5 rings (SSSR count). The van der Waals surface area contributed by atoms with Gasteiger partial charge in [-0.05, 0) is 85.5 Å². The zero-order valence-corrected chi connectivity index (χ0v) is 18.3. The quantitative estimate of drug-likeness (QED) is 0.654. The summed E-state index contributed by atoms with van der Waals surface area (Å²) in [4.78, 5) is 0. The van der Waals surface area contributed by atoms with Gasteiger partial charge in [0.2, 0.25) is 0 Å². The Kier molecular flexibility index (Phi) is 4.61. The predicted molar refractivity (Wildman–Crippen MR) is 113 cm³/mol. The van der Waals surface area contributed by atoms with Crippen molar-refractivity contribution in [2.45, 2.75) is 78.4 Å². The summed E-state index contributed by atoms with van der Waals surface area (Å²) in [6, 6.07) is 0. The molecule has 1 saturated heterocycles. The Balaban J connectivity index is 1.49. The van der Waals surface area contributed by atoms with Gasteiger partial charge in [0.05, 0.1) is 18.8 Å². The standard InChI is InChI=1S/C25H39NO2/c1-15-11-17-13-18(27)5-7-24(17,3)19-6-8-25(4)20(22(15)19)12-16(2)23(25)21-14-26-9-10-28-21/h11,15,18-22,26-27H,5-10,12-14H2,1-4H3/t15?,18?,19-,20+,21?,22-,24+,25+/m1/s1. The highest BCUT2D eigenvalue weighted by Gasteiger charge is 2.59. The van der Waals surface area contributed by atoms with Crippen LogP contribution in [0.3, 0.4) is 0 Å². The molecule has 3 fully saturated rings. The van der Waals surface area contributed by atoms with Crippen LogP contribution in [-0.2, 0) is 4.74 Å². The Morgan fingerprint density at radius 1 is 1.11 bits per heavy atom. The van der Waals surface area contributed by atoms with Crippen LogP contribution in [0.25, 0.3) is 0 Å². The molecule has 156 valence electrons. The Hall–Kier alpha value is -0.640. The number of morpholine rings is 1. The van der Waals surface area contributed by atoms with Gasteiger partial charge < -0.3 is 15.2 Å². The minimum absolute atomic E-state index is 0.116. The number of fused-ring (bicyclic) bond motifs is 5. The topological polar surface area (TPSA) is 41.5 Å². The SMILES string of the molecule is CC1=C(C2CNCCO2)[C@@]2(C)CC[C@@H]3[C@@H](C(C)C=C4CC(O)CC[C@@]43C)[C@@H]2C1. The van der Waals surface area contributed by atoms with Gasteiger partial charge in [0.1, 0.15) is 0 Å². The molecule has 5 aliphatic rings. The average Bonchev–Trinajstić information content (AvgIpc) is 2.94. The van der Waals surface area contributed by atoms with E-state index in [1.54, 1.807) is 16.7 Å². The maximum absolute atomic E-state index is 10.3. The second-order valence-electron chi connectivity index (χ2n) is 11.1. The molecule has 0 aromatic carbocycles. The van der Waals surface area contributed by atoms with Crippen molar-refractivity contribution in [3.63, 3.8) is 0 Å². The molecular formula is C25H39NO2. The maximum atomic E-state index is 10.3. The molecule has 2 N–H and O–H groups in total. The first-order valence-corrected chi connectivity index (χ1v) is 11.8. The third-order valence-corrected chi connectivity index (χ3v) is 9.65. The largest absolute Gasteiger partial charge is 0.393 e. The Morgan fingerprint density at radius 3 is 2.64 bits per heavy atom. The van der Waals surface area contributed by atoms with E-state index >= 15 is 0 Å². The normalized spacial score (nSPS) is 51.2. The van der Waals surface area contributed by atoms with Crippen molar-refractivity contribution in [2.24, 2.45) is 34.5 Å². The van der Waals surface area contributed by atoms with E-state index in [1.807, 2.05) is 0 Å². The van der Waals surface area contributed by atoms with Gasteiger partial charge in [0, 0.05) is 13.1 Å². The molecule has 0 radical (unpaired) electrons. The monoisotopic (exact) mass is 385 g/mol. The molecular weight excluding hydrogens is 346 g/mol. The van der Waals surface area contributed by atoms with E-state index in [4.69, 9.17) is 4.74 Å². The van der Waals surface area contributed by atoms with Crippen molar-refractivity contribution in [2.75, 3.05) is 19.7 Å². The molecule has 0 aromatic rings. The van der Waals surface area contributed by atoms with Crippen molar-refractivity contribution >= 4 is 0 Å². The van der Waals surface area contributed by atoms with Gasteiger partial charge in [-0.2, -0.15) is 0 Å². The minimum Gasteiger partial charge on any atom is -0.393 e. The van der Waals surface area contributed by atoms with Crippen LogP contribution in [0.5, 0.6) is 0 Å². The number of hydrogen-bond donors (Lipinski definition) is 2. The summed E-state index contributed by atoms with van der Waals surface area (Å²) in [5.74, 6) is 2.93. The lowest BCUT2D eigenvalue weighted by Gasteiger charge is -2.59. The third-order valence-electron chi connectivity index (χ3n) is 9.65. The molecule has 8 atom stereocenters. The second-order valence-corrected chi connectivity index (χ2v) is 11.1. The van der Waals surface area contributed by atoms with Crippen molar-refractivity contribution in [1.82, 2.24) is 5.32 Å². The lowest BCUT2D eigenvalue weighted by molar-refractivity contribution is -0.0572. The van der Waals surface area contributed by atoms with Gasteiger partial charge in [-0.15, -0.1) is 0 Å². The third kappa shape index (κ3) is 2.65. The maximum Gasteiger partial charge on any atom is 0.0917 e. The smallest absolute Gasteiger partial charge is 0.0917 e. The number of nitrogens with one attached hydrogen (secondary N) is 1. The molecule has 3 unspecified atom stereocenters. The first kappa shape index (κ1) is 19.3. The molecule has 1 aliphatic heterocycles. The fourth-order valence-electron chi connectivity index (χ4n) is 8.36. The number of ether oxygens (including phenoxy) is 1. The molecule has 28 heavy (non-hydrogen) atoms. The van der Waals surface area contributed by atoms with E-state index in [-0.39, 0.29) is 12.2 Å². The van der Waals surface area contributed by atoms with Gasteiger partial charge in [-0.25, -0.2) is 0 Å². The Bertz CT molecular complexity index is 705. The molecule has 0 bridgehead atoms. The minimum atomic E-state index is -0.116. The summed E-state index contributed by atoms with van der Waals surface area (Å²) >= 11 is 0. The van der Waals surface area contributed by atoms with Gasteiger partial charge in [-0.1, -0.05) is 38.0 Å². The van der Waals surface area contributed by atoms with E-state index in [2.05, 4.69) is 39.1 Å². The van der Waals surface area contributed by atoms with Gasteiger partial charge in [0.15, 0.2) is 0 Å². The van der Waals surface area contributed by atoms with Gasteiger partial charge >= 0.3 is 0 Å². The first-order chi connectivity index (χ1) is 13.3. The lowest BCUT2D eigenvalue weighted by Crippen LogP contribution is -2.53. The average molecular weight is 386 g/mol. The van der Waals surface area contributed by atoms with E-state index in [1.165, 1.54) is 25.7 Å². The highest BCUT2D eigenvalue weighted by molar-refractivity contribution is 5.36. The van der Waals surface area contributed by atoms with Crippen molar-refractivity contribution in [3.8, 4) is 0 Å². The number of aliphatic hydroxyl groups is 1. The molecule has 0 spiro atoms. The number of allylic oxidation sites excluding steroid dienone is 2. The highest BCUT2D eigenvalue weighted by atomic mass is 16.5. The van der Waals surface area contributed by atoms with Crippen LogP contribution in [0.2, 0.25) is 0 Å². The van der Waals surface area contributed by atoms with Crippen LogP contribution in [0.4, 0.5) is 0 Å². The summed E-state index contributed by atoms with van der Waals surface area (Å²) < 4.78 is 6.27. The van der Waals surface area contributed by atoms with E-state index in [9.17, 15) is 5.11 Å². The fraction of sp³-hybridized carbons (Fsp3) is 0.840. The number of rotatable bonds is 1. The number of aliphatic hydroxyl groups excluding tert-OH is 1. The van der Waals surface area contributed by atoms with Crippen LogP contribution >= 0.6 is 0 Å². The summed E-state index contributed by atoms with van der Waals surface area (Å²) in [6.07, 6.45) is 9.73. The molecule has 0 aromatic heterocycles. The molecule has 4 aliphatic carbocycles. The zero-order chi connectivity index (χ0) is 19.7. The van der Waals surface area contributed by atoms with Crippen molar-refractivity contribution < 1.29 is 9.84 Å². The van der Waals surface area contributed by atoms with Crippen LogP contribution in [0, 0.1) is 34.5 Å².